The number of hydrogen-bond donors (Lipinski definition) is 0. The van der Waals surface area contributed by atoms with Crippen molar-refractivity contribution < 1.29 is 4.92 Å². The number of halogens is 1. The van der Waals surface area contributed by atoms with Gasteiger partial charge in [0, 0.05) is 6.08 Å². The van der Waals surface area contributed by atoms with Gasteiger partial charge in [0.2, 0.25) is 0 Å². The Kier molecular flexibility index (Phi) is 20.0. The van der Waals surface area contributed by atoms with Gasteiger partial charge in [-0.15, -0.1) is 0 Å². The molecule has 0 fully saturated rings. The molecule has 0 amide bonds. The molecular weight excluding hydrogens is 214 g/mol. The summed E-state index contributed by atoms with van der Waals surface area (Å²) in [5, 5.41) is 10.4. The van der Waals surface area contributed by atoms with Gasteiger partial charge in [-0.2, -0.15) is 0 Å². The first kappa shape index (κ1) is 19.5. The van der Waals surface area contributed by atoms with E-state index in [1.165, 1.54) is 25.2 Å². The molecule has 0 aromatic carbocycles. The number of hydrogen-bond acceptors (Lipinski definition) is 2. The summed E-state index contributed by atoms with van der Waals surface area (Å²) < 4.78 is 0. The van der Waals surface area contributed by atoms with Crippen LogP contribution >= 0.6 is 11.6 Å². The van der Waals surface area contributed by atoms with Crippen LogP contribution in [0.1, 0.15) is 34.6 Å². The fraction of sp³-hybridized carbons (Fsp3) is 0.455. The molecule has 0 aliphatic rings. The average Bonchev–Trinajstić information content (AvgIpc) is 2.23. The van der Waals surface area contributed by atoms with E-state index in [2.05, 4.69) is 6.58 Å². The fourth-order valence-corrected chi connectivity index (χ4v) is 0.593. The standard InChI is InChI=1S/C7H8ClNO2.2C2H6/c1-3-4-5-7(6(2)8)9(10)11;2*1-2/h3-5H,1H2,2H3;2*1-2H3/b5-4-,7-6-;;. The summed E-state index contributed by atoms with van der Waals surface area (Å²) in [6.07, 6.45) is 4.21. The molecule has 0 aromatic rings. The molecule has 3 nitrogen and oxygen atoms in total. The quantitative estimate of drug-likeness (QED) is 0.408. The van der Waals surface area contributed by atoms with Crippen LogP contribution in [0.4, 0.5) is 0 Å². The second-order valence-corrected chi connectivity index (χ2v) is 2.34. The molecular formula is C11H20ClNO2. The zero-order valence-electron chi connectivity index (χ0n) is 10.1. The van der Waals surface area contributed by atoms with Crippen molar-refractivity contribution in [2.75, 3.05) is 0 Å². The minimum Gasteiger partial charge on any atom is -0.258 e. The largest absolute Gasteiger partial charge is 0.283 e. The molecule has 15 heavy (non-hydrogen) atoms. The molecule has 0 heterocycles. The van der Waals surface area contributed by atoms with Crippen LogP contribution in [0, 0.1) is 10.1 Å². The Morgan fingerprint density at radius 2 is 1.73 bits per heavy atom. The first-order valence-corrected chi connectivity index (χ1v) is 5.27. The van der Waals surface area contributed by atoms with Crippen LogP contribution < -0.4 is 0 Å². The summed E-state index contributed by atoms with van der Waals surface area (Å²) in [7, 11) is 0. The second kappa shape index (κ2) is 15.4. The molecule has 0 radical (unpaired) electrons. The van der Waals surface area contributed by atoms with Crippen LogP contribution in [0.25, 0.3) is 0 Å². The molecule has 0 unspecified atom stereocenters. The Balaban J connectivity index is -0.000000318. The van der Waals surface area contributed by atoms with Gasteiger partial charge in [-0.25, -0.2) is 0 Å². The maximum atomic E-state index is 10.2. The molecule has 0 rings (SSSR count). The van der Waals surface area contributed by atoms with Crippen molar-refractivity contribution in [3.8, 4) is 0 Å². The van der Waals surface area contributed by atoms with Gasteiger partial charge in [-0.3, -0.25) is 10.1 Å². The van der Waals surface area contributed by atoms with Crippen LogP contribution in [0.5, 0.6) is 0 Å². The molecule has 0 bridgehead atoms. The number of allylic oxidation sites excluding steroid dienone is 4. The van der Waals surface area contributed by atoms with E-state index in [0.29, 0.717) is 0 Å². The van der Waals surface area contributed by atoms with E-state index >= 15 is 0 Å². The molecule has 88 valence electrons. The SMILES string of the molecule is C=C/C=C\C(=C(/C)Cl)[N+](=O)[O-].CC.CC. The van der Waals surface area contributed by atoms with E-state index in [1.54, 1.807) is 0 Å². The Morgan fingerprint density at radius 1 is 1.33 bits per heavy atom. The predicted octanol–water partition coefficient (Wildman–Crippen LogP) is 4.53. The maximum absolute atomic E-state index is 10.2. The van der Waals surface area contributed by atoms with Crippen molar-refractivity contribution in [2.45, 2.75) is 34.6 Å². The van der Waals surface area contributed by atoms with Gasteiger partial charge in [0.05, 0.1) is 9.96 Å². The van der Waals surface area contributed by atoms with Gasteiger partial charge in [-0.05, 0) is 6.92 Å². The highest BCUT2D eigenvalue weighted by Gasteiger charge is 2.08. The van der Waals surface area contributed by atoms with E-state index < -0.39 is 4.92 Å². The van der Waals surface area contributed by atoms with Crippen molar-refractivity contribution in [2.24, 2.45) is 0 Å². The summed E-state index contributed by atoms with van der Waals surface area (Å²) >= 11 is 5.43. The Hall–Kier alpha value is -1.09. The summed E-state index contributed by atoms with van der Waals surface area (Å²) in [5.41, 5.74) is -0.105. The first-order valence-electron chi connectivity index (χ1n) is 4.89. The highest BCUT2D eigenvalue weighted by Crippen LogP contribution is 2.10. The average molecular weight is 234 g/mol. The summed E-state index contributed by atoms with van der Waals surface area (Å²) in [6, 6.07) is 0. The van der Waals surface area contributed by atoms with Crippen LogP contribution in [-0.2, 0) is 0 Å². The Morgan fingerprint density at radius 3 is 1.93 bits per heavy atom. The van der Waals surface area contributed by atoms with Gasteiger partial charge < -0.3 is 0 Å². The molecule has 0 saturated heterocycles. The molecule has 0 aliphatic heterocycles. The van der Waals surface area contributed by atoms with Crippen molar-refractivity contribution in [3.05, 3.63) is 45.7 Å². The van der Waals surface area contributed by atoms with Crippen molar-refractivity contribution in [1.82, 2.24) is 0 Å². The van der Waals surface area contributed by atoms with E-state index in [0.717, 1.165) is 0 Å². The number of nitro groups is 1. The van der Waals surface area contributed by atoms with E-state index in [9.17, 15) is 10.1 Å². The fourth-order valence-electron chi connectivity index (χ4n) is 0.461. The monoisotopic (exact) mass is 233 g/mol. The Labute approximate surface area is 97.3 Å². The summed E-state index contributed by atoms with van der Waals surface area (Å²) in [5.74, 6) is 0. The van der Waals surface area contributed by atoms with Gasteiger partial charge in [-0.1, -0.05) is 58.0 Å². The van der Waals surface area contributed by atoms with Crippen LogP contribution in [0.2, 0.25) is 0 Å². The molecule has 0 saturated carbocycles. The molecule has 0 N–H and O–H groups in total. The van der Waals surface area contributed by atoms with Crippen LogP contribution in [0.3, 0.4) is 0 Å². The van der Waals surface area contributed by atoms with Gasteiger partial charge in [0.25, 0.3) is 5.70 Å². The van der Waals surface area contributed by atoms with E-state index in [-0.39, 0.29) is 10.7 Å². The normalized spacial score (nSPS) is 10.3. The maximum Gasteiger partial charge on any atom is 0.283 e. The van der Waals surface area contributed by atoms with Gasteiger partial charge in [0.15, 0.2) is 0 Å². The summed E-state index contributed by atoms with van der Waals surface area (Å²) in [6.45, 7) is 12.8. The molecule has 0 atom stereocenters. The molecule has 4 heteroatoms. The highest BCUT2D eigenvalue weighted by molar-refractivity contribution is 6.29. The van der Waals surface area contributed by atoms with E-state index in [1.807, 2.05) is 27.7 Å². The number of nitrogens with zero attached hydrogens (tertiary/aromatic N) is 1. The molecule has 0 aliphatic carbocycles. The lowest BCUT2D eigenvalue weighted by Gasteiger charge is -1.90. The topological polar surface area (TPSA) is 43.1 Å². The molecule has 0 spiro atoms. The third kappa shape index (κ3) is 12.9. The zero-order valence-corrected chi connectivity index (χ0v) is 10.8. The van der Waals surface area contributed by atoms with Crippen molar-refractivity contribution in [1.29, 1.82) is 0 Å². The van der Waals surface area contributed by atoms with Crippen molar-refractivity contribution in [3.63, 3.8) is 0 Å². The lowest BCUT2D eigenvalue weighted by Crippen LogP contribution is -1.96. The smallest absolute Gasteiger partial charge is 0.258 e. The van der Waals surface area contributed by atoms with Crippen LogP contribution in [0.15, 0.2) is 35.5 Å². The first-order chi connectivity index (χ1) is 7.09. The molecule has 0 aromatic heterocycles. The van der Waals surface area contributed by atoms with Gasteiger partial charge in [0.1, 0.15) is 0 Å². The minimum absolute atomic E-state index is 0.105. The third-order valence-corrected chi connectivity index (χ3v) is 1.13. The predicted molar refractivity (Wildman–Crippen MR) is 67.6 cm³/mol. The van der Waals surface area contributed by atoms with Crippen molar-refractivity contribution >= 4 is 11.6 Å². The van der Waals surface area contributed by atoms with Crippen LogP contribution in [-0.4, -0.2) is 4.92 Å². The zero-order chi connectivity index (χ0) is 12.9. The number of rotatable bonds is 3. The summed E-state index contributed by atoms with van der Waals surface area (Å²) in [4.78, 5) is 9.69. The lowest BCUT2D eigenvalue weighted by atomic mass is 10.3. The Bertz CT molecular complexity index is 229. The van der Waals surface area contributed by atoms with Gasteiger partial charge >= 0.3 is 0 Å². The second-order valence-electron chi connectivity index (χ2n) is 1.77. The third-order valence-electron chi connectivity index (χ3n) is 0.940. The highest BCUT2D eigenvalue weighted by atomic mass is 35.5. The minimum atomic E-state index is -0.539. The van der Waals surface area contributed by atoms with E-state index in [4.69, 9.17) is 11.6 Å². The lowest BCUT2D eigenvalue weighted by molar-refractivity contribution is -0.419.